The average molecular weight is 375 g/mol. The van der Waals surface area contributed by atoms with E-state index in [-0.39, 0.29) is 11.9 Å². The molecule has 2 N–H and O–H groups in total. The van der Waals surface area contributed by atoms with E-state index in [2.05, 4.69) is 20.2 Å². The number of carbonyl (C=O) groups is 1. The van der Waals surface area contributed by atoms with Gasteiger partial charge in [0.1, 0.15) is 6.04 Å². The Labute approximate surface area is 154 Å². The summed E-state index contributed by atoms with van der Waals surface area (Å²) in [6, 6.07) is 12.7. The van der Waals surface area contributed by atoms with Gasteiger partial charge in [0, 0.05) is 22.3 Å². The SMILES string of the molecule is O=C(Nc1nc2ccc(Cl)cc2[nH]1)C1CCCN1c1ccc(Cl)cc1. The predicted molar refractivity (Wildman–Crippen MR) is 102 cm³/mol. The summed E-state index contributed by atoms with van der Waals surface area (Å²) in [5.74, 6) is 0.364. The number of rotatable bonds is 3. The fourth-order valence-electron chi connectivity index (χ4n) is 3.22. The molecule has 4 rings (SSSR count). The number of aromatic nitrogens is 2. The molecular formula is C18H16Cl2N4O. The number of H-pyrrole nitrogens is 1. The van der Waals surface area contributed by atoms with Crippen molar-refractivity contribution in [2.45, 2.75) is 18.9 Å². The van der Waals surface area contributed by atoms with Crippen LogP contribution in [-0.4, -0.2) is 28.5 Å². The first-order chi connectivity index (χ1) is 12.1. The van der Waals surface area contributed by atoms with Gasteiger partial charge < -0.3 is 9.88 Å². The molecule has 1 aliphatic rings. The van der Waals surface area contributed by atoms with E-state index in [1.54, 1.807) is 12.1 Å². The summed E-state index contributed by atoms with van der Waals surface area (Å²) < 4.78 is 0. The van der Waals surface area contributed by atoms with Crippen molar-refractivity contribution >= 4 is 51.8 Å². The minimum atomic E-state index is -0.224. The molecule has 0 aliphatic carbocycles. The minimum absolute atomic E-state index is 0.0717. The van der Waals surface area contributed by atoms with Crippen LogP contribution in [0.1, 0.15) is 12.8 Å². The largest absolute Gasteiger partial charge is 0.360 e. The molecule has 1 unspecified atom stereocenters. The summed E-state index contributed by atoms with van der Waals surface area (Å²) in [5.41, 5.74) is 2.56. The third-order valence-corrected chi connectivity index (χ3v) is 4.89. The molecule has 2 heterocycles. The van der Waals surface area contributed by atoms with Crippen LogP contribution in [0.15, 0.2) is 42.5 Å². The van der Waals surface area contributed by atoms with Gasteiger partial charge in [0.05, 0.1) is 11.0 Å². The summed E-state index contributed by atoms with van der Waals surface area (Å²) in [7, 11) is 0. The fourth-order valence-corrected chi connectivity index (χ4v) is 3.52. The van der Waals surface area contributed by atoms with Gasteiger partial charge in [-0.15, -0.1) is 0 Å². The molecule has 1 fully saturated rings. The molecule has 1 amide bonds. The van der Waals surface area contributed by atoms with E-state index >= 15 is 0 Å². The Hall–Kier alpha value is -2.24. The average Bonchev–Trinajstić information content (AvgIpc) is 3.21. The van der Waals surface area contributed by atoms with E-state index in [4.69, 9.17) is 23.2 Å². The Balaban J connectivity index is 1.53. The predicted octanol–water partition coefficient (Wildman–Crippen LogP) is 4.48. The minimum Gasteiger partial charge on any atom is -0.360 e. The van der Waals surface area contributed by atoms with Crippen molar-refractivity contribution in [2.24, 2.45) is 0 Å². The molecule has 1 atom stereocenters. The van der Waals surface area contributed by atoms with Gasteiger partial charge in [-0.2, -0.15) is 0 Å². The van der Waals surface area contributed by atoms with E-state index < -0.39 is 0 Å². The van der Waals surface area contributed by atoms with Crippen LogP contribution in [0.3, 0.4) is 0 Å². The van der Waals surface area contributed by atoms with Crippen LogP contribution >= 0.6 is 23.2 Å². The number of anilines is 2. The number of amides is 1. The molecule has 0 radical (unpaired) electrons. The second kappa shape index (κ2) is 6.58. The van der Waals surface area contributed by atoms with Crippen molar-refractivity contribution in [1.82, 2.24) is 9.97 Å². The summed E-state index contributed by atoms with van der Waals surface area (Å²) in [6.45, 7) is 0.843. The highest BCUT2D eigenvalue weighted by Crippen LogP contribution is 2.27. The molecule has 1 saturated heterocycles. The van der Waals surface area contributed by atoms with E-state index in [0.717, 1.165) is 36.1 Å². The molecule has 0 saturated carbocycles. The van der Waals surface area contributed by atoms with Gasteiger partial charge in [0.15, 0.2) is 0 Å². The van der Waals surface area contributed by atoms with Gasteiger partial charge in [0.25, 0.3) is 0 Å². The third-order valence-electron chi connectivity index (χ3n) is 4.40. The van der Waals surface area contributed by atoms with Crippen LogP contribution < -0.4 is 10.2 Å². The second-order valence-electron chi connectivity index (χ2n) is 6.06. The molecule has 5 nitrogen and oxygen atoms in total. The zero-order chi connectivity index (χ0) is 17.4. The van der Waals surface area contributed by atoms with Gasteiger partial charge in [-0.1, -0.05) is 23.2 Å². The van der Waals surface area contributed by atoms with Gasteiger partial charge in [-0.25, -0.2) is 4.98 Å². The van der Waals surface area contributed by atoms with E-state index in [1.165, 1.54) is 0 Å². The molecule has 2 aromatic carbocycles. The Bertz CT molecular complexity index is 922. The highest BCUT2D eigenvalue weighted by Gasteiger charge is 2.31. The van der Waals surface area contributed by atoms with Crippen molar-refractivity contribution in [3.8, 4) is 0 Å². The molecule has 3 aromatic rings. The van der Waals surface area contributed by atoms with Crippen LogP contribution in [0.4, 0.5) is 11.6 Å². The van der Waals surface area contributed by atoms with Gasteiger partial charge in [-0.3, -0.25) is 10.1 Å². The van der Waals surface area contributed by atoms with Crippen molar-refractivity contribution in [3.05, 3.63) is 52.5 Å². The number of hydrogen-bond acceptors (Lipinski definition) is 3. The van der Waals surface area contributed by atoms with E-state index in [0.29, 0.717) is 16.0 Å². The maximum absolute atomic E-state index is 12.7. The molecule has 128 valence electrons. The first kappa shape index (κ1) is 16.2. The van der Waals surface area contributed by atoms with Crippen LogP contribution in [0.5, 0.6) is 0 Å². The van der Waals surface area contributed by atoms with Crippen molar-refractivity contribution in [3.63, 3.8) is 0 Å². The first-order valence-electron chi connectivity index (χ1n) is 8.08. The second-order valence-corrected chi connectivity index (χ2v) is 6.94. The van der Waals surface area contributed by atoms with Crippen LogP contribution in [0, 0.1) is 0 Å². The van der Waals surface area contributed by atoms with Gasteiger partial charge >= 0.3 is 0 Å². The number of halogens is 2. The highest BCUT2D eigenvalue weighted by atomic mass is 35.5. The molecule has 0 spiro atoms. The first-order valence-corrected chi connectivity index (χ1v) is 8.84. The summed E-state index contributed by atoms with van der Waals surface area (Å²) in [5, 5.41) is 4.20. The summed E-state index contributed by atoms with van der Waals surface area (Å²) in [6.07, 6.45) is 1.77. The van der Waals surface area contributed by atoms with Crippen LogP contribution in [-0.2, 0) is 4.79 Å². The number of aromatic amines is 1. The lowest BCUT2D eigenvalue weighted by atomic mass is 10.2. The lowest BCUT2D eigenvalue weighted by Crippen LogP contribution is -2.39. The van der Waals surface area contributed by atoms with Crippen molar-refractivity contribution < 1.29 is 4.79 Å². The highest BCUT2D eigenvalue weighted by molar-refractivity contribution is 6.31. The number of carbonyl (C=O) groups excluding carboxylic acids is 1. The molecule has 7 heteroatoms. The maximum Gasteiger partial charge on any atom is 0.249 e. The Kier molecular flexibility index (Phi) is 4.27. The van der Waals surface area contributed by atoms with Gasteiger partial charge in [0.2, 0.25) is 11.9 Å². The van der Waals surface area contributed by atoms with Crippen molar-refractivity contribution in [2.75, 3.05) is 16.8 Å². The lowest BCUT2D eigenvalue weighted by Gasteiger charge is -2.25. The summed E-state index contributed by atoms with van der Waals surface area (Å²) in [4.78, 5) is 22.3. The standard InChI is InChI=1S/C18H16Cl2N4O/c19-11-3-6-13(7-4-11)24-9-1-2-16(24)17(25)23-18-21-14-8-5-12(20)10-15(14)22-18/h3-8,10,16H,1-2,9H2,(H2,21,22,23,25). The number of hydrogen-bond donors (Lipinski definition) is 2. The fraction of sp³-hybridized carbons (Fsp3) is 0.222. The van der Waals surface area contributed by atoms with E-state index in [9.17, 15) is 4.79 Å². The van der Waals surface area contributed by atoms with Gasteiger partial charge in [-0.05, 0) is 55.3 Å². The monoisotopic (exact) mass is 374 g/mol. The molecule has 1 aromatic heterocycles. The number of nitrogens with zero attached hydrogens (tertiary/aromatic N) is 2. The van der Waals surface area contributed by atoms with Crippen LogP contribution in [0.2, 0.25) is 10.0 Å². The number of benzene rings is 2. The Morgan fingerprint density at radius 1 is 1.16 bits per heavy atom. The summed E-state index contributed by atoms with van der Waals surface area (Å²) >= 11 is 11.9. The zero-order valence-corrected chi connectivity index (χ0v) is 14.8. The molecule has 1 aliphatic heterocycles. The van der Waals surface area contributed by atoms with Crippen LogP contribution in [0.25, 0.3) is 11.0 Å². The number of fused-ring (bicyclic) bond motifs is 1. The molecule has 0 bridgehead atoms. The van der Waals surface area contributed by atoms with Crippen molar-refractivity contribution in [1.29, 1.82) is 0 Å². The lowest BCUT2D eigenvalue weighted by molar-refractivity contribution is -0.117. The Morgan fingerprint density at radius 2 is 1.92 bits per heavy atom. The normalized spacial score (nSPS) is 17.2. The third kappa shape index (κ3) is 3.30. The Morgan fingerprint density at radius 3 is 2.72 bits per heavy atom. The topological polar surface area (TPSA) is 61.0 Å². The molecular weight excluding hydrogens is 359 g/mol. The maximum atomic E-state index is 12.7. The quantitative estimate of drug-likeness (QED) is 0.710. The number of nitrogens with one attached hydrogen (secondary N) is 2. The zero-order valence-electron chi connectivity index (χ0n) is 13.3. The number of imidazole rings is 1. The van der Waals surface area contributed by atoms with E-state index in [1.807, 2.05) is 30.3 Å². The molecule has 25 heavy (non-hydrogen) atoms. The smallest absolute Gasteiger partial charge is 0.249 e.